The van der Waals surface area contributed by atoms with Crippen molar-refractivity contribution in [3.05, 3.63) is 28.3 Å². The van der Waals surface area contributed by atoms with E-state index in [4.69, 9.17) is 0 Å². The predicted octanol–water partition coefficient (Wildman–Crippen LogP) is 5.09. The van der Waals surface area contributed by atoms with Crippen LogP contribution in [0.2, 0.25) is 0 Å². The van der Waals surface area contributed by atoms with Crippen LogP contribution in [0, 0.1) is 16.0 Å². The maximum atomic E-state index is 11.5. The van der Waals surface area contributed by atoms with Crippen LogP contribution in [0.4, 0.5) is 11.4 Å². The minimum atomic E-state index is -0.243. The number of benzene rings is 1. The van der Waals surface area contributed by atoms with Gasteiger partial charge in [-0.1, -0.05) is 32.8 Å². The summed E-state index contributed by atoms with van der Waals surface area (Å²) in [5.74, 6) is 0.733. The van der Waals surface area contributed by atoms with Gasteiger partial charge in [0.2, 0.25) is 0 Å². The average Bonchev–Trinajstić information content (AvgIpc) is 2.45. The Morgan fingerprint density at radius 2 is 2.24 bits per heavy atom. The van der Waals surface area contributed by atoms with E-state index in [1.54, 1.807) is 17.8 Å². The summed E-state index contributed by atoms with van der Waals surface area (Å²) in [5, 5.41) is 15.1. The first-order valence-corrected chi connectivity index (χ1v) is 8.67. The predicted molar refractivity (Wildman–Crippen MR) is 89.2 cm³/mol. The summed E-state index contributed by atoms with van der Waals surface area (Å²) in [5.41, 5.74) is 0.893. The van der Waals surface area contributed by atoms with Crippen molar-refractivity contribution in [2.45, 2.75) is 56.1 Å². The van der Waals surface area contributed by atoms with E-state index in [0.717, 1.165) is 30.2 Å². The van der Waals surface area contributed by atoms with E-state index in [-0.39, 0.29) is 10.6 Å². The zero-order valence-electron chi connectivity index (χ0n) is 12.8. The highest BCUT2D eigenvalue weighted by Crippen LogP contribution is 2.42. The van der Waals surface area contributed by atoms with E-state index in [1.807, 2.05) is 12.1 Å². The van der Waals surface area contributed by atoms with Gasteiger partial charge in [0.1, 0.15) is 5.69 Å². The topological polar surface area (TPSA) is 55.2 Å². The van der Waals surface area contributed by atoms with Gasteiger partial charge in [0.15, 0.2) is 0 Å². The number of hydrogen-bond acceptors (Lipinski definition) is 4. The molecule has 0 saturated heterocycles. The molecule has 116 valence electrons. The van der Waals surface area contributed by atoms with E-state index >= 15 is 0 Å². The van der Waals surface area contributed by atoms with Gasteiger partial charge in [-0.2, -0.15) is 0 Å². The number of nitro groups is 1. The molecule has 0 amide bonds. The van der Waals surface area contributed by atoms with Crippen molar-refractivity contribution in [2.24, 2.45) is 5.92 Å². The Morgan fingerprint density at radius 3 is 2.90 bits per heavy atom. The average molecular weight is 308 g/mol. The Bertz CT molecular complexity index is 493. The van der Waals surface area contributed by atoms with Gasteiger partial charge in [0.25, 0.3) is 0 Å². The highest BCUT2D eigenvalue weighted by Gasteiger charge is 2.25. The van der Waals surface area contributed by atoms with Crippen molar-refractivity contribution in [3.8, 4) is 0 Å². The molecule has 2 atom stereocenters. The molecule has 21 heavy (non-hydrogen) atoms. The van der Waals surface area contributed by atoms with Crippen LogP contribution in [-0.4, -0.2) is 16.7 Å². The molecular formula is C16H24N2O2S. The van der Waals surface area contributed by atoms with Crippen molar-refractivity contribution in [1.82, 2.24) is 0 Å². The molecule has 0 aliphatic heterocycles. The third-order valence-corrected chi connectivity index (χ3v) is 5.27. The van der Waals surface area contributed by atoms with Gasteiger partial charge in [-0.05, 0) is 37.3 Å². The lowest BCUT2D eigenvalue weighted by molar-refractivity contribution is -0.386. The molecule has 1 aromatic rings. The maximum Gasteiger partial charge on any atom is 0.305 e. The summed E-state index contributed by atoms with van der Waals surface area (Å²) < 4.78 is 0. The second kappa shape index (κ2) is 7.69. The Hall–Kier alpha value is -1.23. The molecule has 4 nitrogen and oxygen atoms in total. The fourth-order valence-electron chi connectivity index (χ4n) is 2.87. The number of nitrogens with zero attached hydrogens (tertiary/aromatic N) is 1. The SMILES string of the molecule is CCCNc1cccc(SC2CCCC(C)C2)c1[N+](=O)[O-]. The fourth-order valence-corrected chi connectivity index (χ4v) is 4.39. The Kier molecular flexibility index (Phi) is 5.91. The van der Waals surface area contributed by atoms with Crippen molar-refractivity contribution in [1.29, 1.82) is 0 Å². The Morgan fingerprint density at radius 1 is 1.43 bits per heavy atom. The van der Waals surface area contributed by atoms with Crippen LogP contribution in [0.25, 0.3) is 0 Å². The molecule has 1 saturated carbocycles. The van der Waals surface area contributed by atoms with Crippen LogP contribution in [0.5, 0.6) is 0 Å². The molecule has 1 N–H and O–H groups in total. The number of thioether (sulfide) groups is 1. The van der Waals surface area contributed by atoms with Crippen LogP contribution in [0.15, 0.2) is 23.1 Å². The standard InChI is InChI=1S/C16H24N2O2S/c1-3-10-17-14-8-5-9-15(16(14)18(19)20)21-13-7-4-6-12(2)11-13/h5,8-9,12-13,17H,3-4,6-7,10-11H2,1-2H3. The van der Waals surface area contributed by atoms with Gasteiger partial charge < -0.3 is 5.32 Å². The van der Waals surface area contributed by atoms with Gasteiger partial charge in [-0.15, -0.1) is 11.8 Å². The lowest BCUT2D eigenvalue weighted by Crippen LogP contribution is -2.15. The smallest absolute Gasteiger partial charge is 0.305 e. The molecule has 0 heterocycles. The summed E-state index contributed by atoms with van der Waals surface area (Å²) in [7, 11) is 0. The number of rotatable bonds is 6. The van der Waals surface area contributed by atoms with Crippen LogP contribution in [-0.2, 0) is 0 Å². The van der Waals surface area contributed by atoms with Crippen LogP contribution in [0.3, 0.4) is 0 Å². The molecule has 1 aliphatic rings. The van der Waals surface area contributed by atoms with Crippen molar-refractivity contribution < 1.29 is 4.92 Å². The molecule has 1 fully saturated rings. The van der Waals surface area contributed by atoms with Gasteiger partial charge in [0.05, 0.1) is 9.82 Å². The Balaban J connectivity index is 2.19. The highest BCUT2D eigenvalue weighted by atomic mass is 32.2. The van der Waals surface area contributed by atoms with E-state index in [0.29, 0.717) is 10.9 Å². The van der Waals surface area contributed by atoms with Crippen molar-refractivity contribution in [3.63, 3.8) is 0 Å². The molecule has 2 rings (SSSR count). The first-order valence-electron chi connectivity index (χ1n) is 7.79. The molecule has 1 aliphatic carbocycles. The molecule has 0 aromatic heterocycles. The van der Waals surface area contributed by atoms with E-state index in [2.05, 4.69) is 19.2 Å². The number of nitrogens with one attached hydrogen (secondary N) is 1. The largest absolute Gasteiger partial charge is 0.379 e. The quantitative estimate of drug-likeness (QED) is 0.587. The third kappa shape index (κ3) is 4.37. The van der Waals surface area contributed by atoms with E-state index in [1.165, 1.54) is 19.3 Å². The van der Waals surface area contributed by atoms with Crippen LogP contribution in [0.1, 0.15) is 46.0 Å². The minimum Gasteiger partial charge on any atom is -0.379 e. The zero-order valence-corrected chi connectivity index (χ0v) is 13.6. The molecular weight excluding hydrogens is 284 g/mol. The Labute approximate surface area is 130 Å². The lowest BCUT2D eigenvalue weighted by Gasteiger charge is -2.26. The summed E-state index contributed by atoms with van der Waals surface area (Å²) >= 11 is 1.69. The van der Waals surface area contributed by atoms with E-state index in [9.17, 15) is 10.1 Å². The third-order valence-electron chi connectivity index (χ3n) is 3.93. The van der Waals surface area contributed by atoms with Gasteiger partial charge in [-0.3, -0.25) is 10.1 Å². The summed E-state index contributed by atoms with van der Waals surface area (Å²) in [6.45, 7) is 5.09. The van der Waals surface area contributed by atoms with Gasteiger partial charge in [0, 0.05) is 11.8 Å². The number of hydrogen-bond donors (Lipinski definition) is 1. The second-order valence-corrected chi connectivity index (χ2v) is 7.19. The number of para-hydroxylation sites is 1. The molecule has 0 bridgehead atoms. The number of anilines is 1. The first kappa shape index (κ1) is 16.1. The molecule has 2 unspecified atom stereocenters. The number of nitro benzene ring substituents is 1. The van der Waals surface area contributed by atoms with Crippen molar-refractivity contribution in [2.75, 3.05) is 11.9 Å². The highest BCUT2D eigenvalue weighted by molar-refractivity contribution is 8.00. The molecule has 0 radical (unpaired) electrons. The fraction of sp³-hybridized carbons (Fsp3) is 0.625. The zero-order chi connectivity index (χ0) is 15.2. The monoisotopic (exact) mass is 308 g/mol. The summed E-state index contributed by atoms with van der Waals surface area (Å²) in [6.07, 6.45) is 5.81. The van der Waals surface area contributed by atoms with Gasteiger partial charge in [-0.25, -0.2) is 0 Å². The summed E-state index contributed by atoms with van der Waals surface area (Å²) in [6, 6.07) is 5.61. The second-order valence-electron chi connectivity index (χ2n) is 5.85. The molecule has 5 heteroatoms. The minimum absolute atomic E-state index is 0.243. The van der Waals surface area contributed by atoms with Crippen molar-refractivity contribution >= 4 is 23.1 Å². The lowest BCUT2D eigenvalue weighted by atomic mass is 9.91. The van der Waals surface area contributed by atoms with Crippen LogP contribution < -0.4 is 5.32 Å². The van der Waals surface area contributed by atoms with Crippen LogP contribution >= 0.6 is 11.8 Å². The molecule has 1 aromatic carbocycles. The maximum absolute atomic E-state index is 11.5. The van der Waals surface area contributed by atoms with Gasteiger partial charge >= 0.3 is 5.69 Å². The normalized spacial score (nSPS) is 22.0. The molecule has 0 spiro atoms. The summed E-state index contributed by atoms with van der Waals surface area (Å²) in [4.78, 5) is 12.0. The van der Waals surface area contributed by atoms with E-state index < -0.39 is 0 Å². The first-order chi connectivity index (χ1) is 10.1.